The summed E-state index contributed by atoms with van der Waals surface area (Å²) in [6.07, 6.45) is -2.10. The molecule has 0 unspecified atom stereocenters. The predicted octanol–water partition coefficient (Wildman–Crippen LogP) is 1.75. The van der Waals surface area contributed by atoms with Crippen LogP contribution < -0.4 is 20.9 Å². The van der Waals surface area contributed by atoms with Crippen molar-refractivity contribution in [2.75, 3.05) is 6.54 Å². The second kappa shape index (κ2) is 4.46. The zero-order chi connectivity index (χ0) is 12.5. The normalized spacial score (nSPS) is 18.1. The van der Waals surface area contributed by atoms with Crippen LogP contribution in [0.15, 0.2) is 18.2 Å². The summed E-state index contributed by atoms with van der Waals surface area (Å²) in [4.78, 5) is 0. The third-order valence-electron chi connectivity index (χ3n) is 2.57. The number of rotatable bonds is 4. The maximum Gasteiger partial charge on any atom is 0.586 e. The van der Waals surface area contributed by atoms with E-state index in [1.807, 2.05) is 0 Å². The quantitative estimate of drug-likeness (QED) is 0.846. The van der Waals surface area contributed by atoms with Gasteiger partial charge in [0.1, 0.15) is 0 Å². The van der Waals surface area contributed by atoms with Gasteiger partial charge >= 0.3 is 6.29 Å². The van der Waals surface area contributed by atoms with Gasteiger partial charge in [0.15, 0.2) is 11.5 Å². The second-order valence-electron chi connectivity index (χ2n) is 3.91. The first kappa shape index (κ1) is 12.1. The van der Waals surface area contributed by atoms with Crippen LogP contribution in [-0.2, 0) is 0 Å². The Hall–Kier alpha value is -1.40. The molecule has 0 saturated heterocycles. The van der Waals surface area contributed by atoms with Crippen LogP contribution in [0.1, 0.15) is 24.4 Å². The minimum atomic E-state index is -3.58. The minimum Gasteiger partial charge on any atom is -0.395 e. The fourth-order valence-electron chi connectivity index (χ4n) is 1.70. The summed E-state index contributed by atoms with van der Waals surface area (Å²) in [5.41, 5.74) is 12.0. The van der Waals surface area contributed by atoms with Crippen LogP contribution in [-0.4, -0.2) is 12.8 Å². The summed E-state index contributed by atoms with van der Waals surface area (Å²) in [6.45, 7) is 0.552. The molecule has 0 aromatic heterocycles. The van der Waals surface area contributed by atoms with E-state index in [1.165, 1.54) is 12.1 Å². The number of fused-ring (bicyclic) bond motifs is 1. The largest absolute Gasteiger partial charge is 0.586 e. The van der Waals surface area contributed by atoms with E-state index < -0.39 is 6.29 Å². The number of halogens is 2. The van der Waals surface area contributed by atoms with Crippen molar-refractivity contribution in [3.05, 3.63) is 23.8 Å². The zero-order valence-electron chi connectivity index (χ0n) is 9.16. The smallest absolute Gasteiger partial charge is 0.395 e. The molecule has 1 aliphatic rings. The van der Waals surface area contributed by atoms with Gasteiger partial charge in [-0.1, -0.05) is 6.07 Å². The summed E-state index contributed by atoms with van der Waals surface area (Å²) >= 11 is 0. The van der Waals surface area contributed by atoms with Crippen LogP contribution in [0.2, 0.25) is 0 Å². The maximum atomic E-state index is 12.8. The monoisotopic (exact) mass is 244 g/mol. The molecule has 4 N–H and O–H groups in total. The SMILES string of the molecule is NCCC[C@@H](N)c1ccc2c(c1)OC(F)(F)O2. The van der Waals surface area contributed by atoms with E-state index in [4.69, 9.17) is 11.5 Å². The molecule has 94 valence electrons. The lowest BCUT2D eigenvalue weighted by atomic mass is 10.0. The molecular weight excluding hydrogens is 230 g/mol. The third-order valence-corrected chi connectivity index (χ3v) is 2.57. The van der Waals surface area contributed by atoms with Gasteiger partial charge in [0.25, 0.3) is 0 Å². The van der Waals surface area contributed by atoms with Crippen molar-refractivity contribution >= 4 is 0 Å². The van der Waals surface area contributed by atoms with Gasteiger partial charge in [0, 0.05) is 6.04 Å². The van der Waals surface area contributed by atoms with Gasteiger partial charge in [-0.25, -0.2) is 0 Å². The van der Waals surface area contributed by atoms with Crippen molar-refractivity contribution in [3.8, 4) is 11.5 Å². The minimum absolute atomic E-state index is 0.0238. The first-order valence-corrected chi connectivity index (χ1v) is 5.37. The van der Waals surface area contributed by atoms with Crippen molar-refractivity contribution in [1.82, 2.24) is 0 Å². The number of alkyl halides is 2. The number of nitrogens with two attached hydrogens (primary N) is 2. The lowest BCUT2D eigenvalue weighted by Gasteiger charge is -2.11. The molecule has 0 fully saturated rings. The Morgan fingerprint density at radius 1 is 1.24 bits per heavy atom. The van der Waals surface area contributed by atoms with Gasteiger partial charge in [-0.15, -0.1) is 8.78 Å². The van der Waals surface area contributed by atoms with Gasteiger partial charge in [-0.05, 0) is 37.1 Å². The number of ether oxygens (including phenoxy) is 2. The van der Waals surface area contributed by atoms with Crippen LogP contribution in [0.3, 0.4) is 0 Å². The first-order valence-electron chi connectivity index (χ1n) is 5.37. The molecule has 0 spiro atoms. The van der Waals surface area contributed by atoms with Crippen molar-refractivity contribution in [2.24, 2.45) is 11.5 Å². The van der Waals surface area contributed by atoms with Gasteiger partial charge in [0.2, 0.25) is 0 Å². The average molecular weight is 244 g/mol. The highest BCUT2D eigenvalue weighted by Gasteiger charge is 2.43. The van der Waals surface area contributed by atoms with E-state index in [9.17, 15) is 8.78 Å². The Kier molecular flexibility index (Phi) is 3.17. The van der Waals surface area contributed by atoms with Crippen LogP contribution in [0.25, 0.3) is 0 Å². The van der Waals surface area contributed by atoms with E-state index in [2.05, 4.69) is 9.47 Å². The summed E-state index contributed by atoms with van der Waals surface area (Å²) < 4.78 is 34.2. The third kappa shape index (κ3) is 2.65. The Morgan fingerprint density at radius 2 is 1.94 bits per heavy atom. The van der Waals surface area contributed by atoms with Crippen molar-refractivity contribution in [3.63, 3.8) is 0 Å². The highest BCUT2D eigenvalue weighted by molar-refractivity contribution is 5.45. The molecule has 6 heteroatoms. The topological polar surface area (TPSA) is 70.5 Å². The van der Waals surface area contributed by atoms with Crippen LogP contribution >= 0.6 is 0 Å². The van der Waals surface area contributed by atoms with E-state index >= 15 is 0 Å². The molecule has 1 aromatic rings. The van der Waals surface area contributed by atoms with Crippen molar-refractivity contribution in [2.45, 2.75) is 25.2 Å². The lowest BCUT2D eigenvalue weighted by Crippen LogP contribution is -2.25. The van der Waals surface area contributed by atoms with Crippen LogP contribution in [0.4, 0.5) is 8.78 Å². The zero-order valence-corrected chi connectivity index (χ0v) is 9.16. The Balaban J connectivity index is 2.13. The molecule has 0 aliphatic carbocycles. The Morgan fingerprint density at radius 3 is 2.65 bits per heavy atom. The lowest BCUT2D eigenvalue weighted by molar-refractivity contribution is -0.286. The van der Waals surface area contributed by atoms with E-state index in [-0.39, 0.29) is 17.5 Å². The van der Waals surface area contributed by atoms with Crippen molar-refractivity contribution in [1.29, 1.82) is 0 Å². The fourth-order valence-corrected chi connectivity index (χ4v) is 1.70. The highest BCUT2D eigenvalue weighted by Crippen LogP contribution is 2.42. The van der Waals surface area contributed by atoms with Crippen LogP contribution in [0, 0.1) is 0 Å². The molecule has 4 nitrogen and oxygen atoms in total. The Bertz CT molecular complexity index is 412. The molecule has 1 atom stereocenters. The van der Waals surface area contributed by atoms with E-state index in [0.29, 0.717) is 13.0 Å². The molecular formula is C11H14F2N2O2. The number of hydrogen-bond acceptors (Lipinski definition) is 4. The molecule has 0 saturated carbocycles. The molecule has 2 rings (SSSR count). The van der Waals surface area contributed by atoms with Gasteiger partial charge in [0.05, 0.1) is 0 Å². The molecule has 0 radical (unpaired) electrons. The molecule has 1 heterocycles. The summed E-state index contributed by atoms with van der Waals surface area (Å²) in [5.74, 6) is 0.0560. The Labute approximate surface area is 97.5 Å². The summed E-state index contributed by atoms with van der Waals surface area (Å²) in [6, 6.07) is 4.34. The molecule has 0 bridgehead atoms. The van der Waals surface area contributed by atoms with E-state index in [0.717, 1.165) is 12.0 Å². The average Bonchev–Trinajstić information content (AvgIpc) is 2.58. The molecule has 1 aromatic carbocycles. The first-order chi connectivity index (χ1) is 8.02. The maximum absolute atomic E-state index is 12.8. The van der Waals surface area contributed by atoms with Gasteiger partial charge in [-0.3, -0.25) is 0 Å². The van der Waals surface area contributed by atoms with E-state index in [1.54, 1.807) is 6.07 Å². The standard InChI is InChI=1S/C11H14F2N2O2/c12-11(13)16-9-4-3-7(6-10(9)17-11)8(15)2-1-5-14/h3-4,6,8H,1-2,5,14-15H2/t8-/m1/s1. The molecule has 0 amide bonds. The summed E-state index contributed by atoms with van der Waals surface area (Å²) in [5, 5.41) is 0. The van der Waals surface area contributed by atoms with Gasteiger partial charge in [-0.2, -0.15) is 0 Å². The predicted molar refractivity (Wildman–Crippen MR) is 57.9 cm³/mol. The number of benzene rings is 1. The van der Waals surface area contributed by atoms with Gasteiger partial charge < -0.3 is 20.9 Å². The molecule has 1 aliphatic heterocycles. The second-order valence-corrected chi connectivity index (χ2v) is 3.91. The summed E-state index contributed by atoms with van der Waals surface area (Å²) in [7, 11) is 0. The highest BCUT2D eigenvalue weighted by atomic mass is 19.3. The van der Waals surface area contributed by atoms with Crippen molar-refractivity contribution < 1.29 is 18.3 Å². The van der Waals surface area contributed by atoms with Crippen LogP contribution in [0.5, 0.6) is 11.5 Å². The fraction of sp³-hybridized carbons (Fsp3) is 0.455. The number of hydrogen-bond donors (Lipinski definition) is 2. The molecule has 17 heavy (non-hydrogen) atoms.